The molecular weight excluding hydrogens is 299 g/mol. The third-order valence-corrected chi connectivity index (χ3v) is 4.66. The maximum absolute atomic E-state index is 13.9. The lowest BCUT2D eigenvalue weighted by atomic mass is 9.80. The molecule has 1 aliphatic heterocycles. The van der Waals surface area contributed by atoms with Gasteiger partial charge < -0.3 is 4.74 Å². The Labute approximate surface area is 135 Å². The van der Waals surface area contributed by atoms with Crippen LogP contribution in [0.2, 0.25) is 0 Å². The number of halogens is 2. The molecule has 1 atom stereocenters. The van der Waals surface area contributed by atoms with E-state index >= 15 is 0 Å². The van der Waals surface area contributed by atoms with Crippen LogP contribution in [0.4, 0.5) is 4.39 Å². The largest absolute Gasteiger partial charge is 0.486 e. The second kappa shape index (κ2) is 5.13. The summed E-state index contributed by atoms with van der Waals surface area (Å²) in [5, 5.41) is 0. The molecule has 0 saturated heterocycles. The first-order valence-electron chi connectivity index (χ1n) is 7.26. The van der Waals surface area contributed by atoms with Gasteiger partial charge in [-0.3, -0.25) is 0 Å². The maximum Gasteiger partial charge on any atom is 0.147 e. The van der Waals surface area contributed by atoms with Crippen LogP contribution in [0.3, 0.4) is 0 Å². The van der Waals surface area contributed by atoms with Crippen molar-refractivity contribution in [2.24, 2.45) is 0 Å². The minimum Gasteiger partial charge on any atom is -0.486 e. The quantitative estimate of drug-likeness (QED) is 0.498. The average Bonchev–Trinajstić information content (AvgIpc) is 2.43. The average molecular weight is 317 g/mol. The van der Waals surface area contributed by atoms with E-state index in [1.54, 1.807) is 18.2 Å². The summed E-state index contributed by atoms with van der Waals surface area (Å²) in [6, 6.07) is 6.66. The van der Waals surface area contributed by atoms with Crippen molar-refractivity contribution >= 4 is 17.7 Å². The minimum absolute atomic E-state index is 0.265. The zero-order valence-corrected chi connectivity index (χ0v) is 13.6. The van der Waals surface area contributed by atoms with Gasteiger partial charge in [0.15, 0.2) is 0 Å². The summed E-state index contributed by atoms with van der Waals surface area (Å²) in [6.45, 7) is 5.97. The summed E-state index contributed by atoms with van der Waals surface area (Å²) in [5.41, 5.74) is 1.91. The van der Waals surface area contributed by atoms with Crippen molar-refractivity contribution < 1.29 is 9.13 Å². The smallest absolute Gasteiger partial charge is 0.147 e. The van der Waals surface area contributed by atoms with E-state index in [0.29, 0.717) is 11.3 Å². The second-order valence-electron chi connectivity index (χ2n) is 6.20. The number of ether oxygens (including phenoxy) is 1. The van der Waals surface area contributed by atoms with E-state index in [1.807, 2.05) is 51.1 Å². The van der Waals surface area contributed by atoms with Crippen LogP contribution < -0.4 is 0 Å². The topological polar surface area (TPSA) is 9.23 Å². The van der Waals surface area contributed by atoms with Gasteiger partial charge in [-0.05, 0) is 56.2 Å². The van der Waals surface area contributed by atoms with Gasteiger partial charge in [0.05, 0.1) is 0 Å². The second-order valence-corrected chi connectivity index (χ2v) is 6.77. The SMILES string of the molecule is CC1=CC(C)(C)OC2=CC=C/C(=C/c3ccccc3F)C12Cl. The fourth-order valence-electron chi connectivity index (χ4n) is 2.98. The lowest BCUT2D eigenvalue weighted by Gasteiger charge is -2.42. The molecule has 0 fully saturated rings. The van der Waals surface area contributed by atoms with Gasteiger partial charge in [0.1, 0.15) is 22.1 Å². The third-order valence-electron chi connectivity index (χ3n) is 3.96. The van der Waals surface area contributed by atoms with Gasteiger partial charge in [-0.25, -0.2) is 4.39 Å². The van der Waals surface area contributed by atoms with Crippen molar-refractivity contribution in [3.05, 3.63) is 76.9 Å². The number of hydrogen-bond acceptors (Lipinski definition) is 1. The van der Waals surface area contributed by atoms with E-state index in [4.69, 9.17) is 16.3 Å². The molecule has 1 nitrogen and oxygen atoms in total. The van der Waals surface area contributed by atoms with Crippen LogP contribution in [0.1, 0.15) is 26.3 Å². The maximum atomic E-state index is 13.9. The number of alkyl halides is 1. The van der Waals surface area contributed by atoms with Crippen molar-refractivity contribution in [1.82, 2.24) is 0 Å². The summed E-state index contributed by atoms with van der Waals surface area (Å²) in [5.74, 6) is 0.419. The minimum atomic E-state index is -0.869. The first kappa shape index (κ1) is 15.1. The molecule has 0 aromatic heterocycles. The summed E-state index contributed by atoms with van der Waals surface area (Å²) >= 11 is 6.92. The Kier molecular flexibility index (Phi) is 3.53. The van der Waals surface area contributed by atoms with Crippen molar-refractivity contribution in [1.29, 1.82) is 0 Å². The molecule has 0 amide bonds. The lowest BCUT2D eigenvalue weighted by Crippen LogP contribution is -2.40. The predicted molar refractivity (Wildman–Crippen MR) is 89.1 cm³/mol. The number of fused-ring (bicyclic) bond motifs is 1. The Morgan fingerprint density at radius 3 is 2.68 bits per heavy atom. The standard InChI is InChI=1S/C19H18ClFO/c1-13-12-18(2,3)22-17-10-6-8-15(19(13,17)20)11-14-7-4-5-9-16(14)21/h4-12H,1-3H3/b15-11-. The number of hydrogen-bond donors (Lipinski definition) is 0. The van der Waals surface area contributed by atoms with E-state index < -0.39 is 10.5 Å². The zero-order chi connectivity index (χ0) is 16.0. The molecule has 22 heavy (non-hydrogen) atoms. The molecular formula is C19H18ClFO. The first-order valence-corrected chi connectivity index (χ1v) is 7.64. The lowest BCUT2D eigenvalue weighted by molar-refractivity contribution is 0.0582. The Balaban J connectivity index is 2.14. The molecule has 1 aromatic carbocycles. The Morgan fingerprint density at radius 1 is 1.23 bits per heavy atom. The molecule has 0 spiro atoms. The fraction of sp³-hybridized carbons (Fsp3) is 0.263. The Hall–Kier alpha value is -1.80. The highest BCUT2D eigenvalue weighted by molar-refractivity contribution is 6.31. The number of allylic oxidation sites excluding steroid dienone is 4. The normalized spacial score (nSPS) is 27.8. The molecule has 0 saturated carbocycles. The van der Waals surface area contributed by atoms with Gasteiger partial charge in [-0.1, -0.05) is 30.4 Å². The molecule has 1 aliphatic carbocycles. The van der Waals surface area contributed by atoms with E-state index in [0.717, 1.165) is 11.1 Å². The van der Waals surface area contributed by atoms with Gasteiger partial charge in [0.2, 0.25) is 0 Å². The molecule has 2 aliphatic rings. The van der Waals surface area contributed by atoms with Crippen LogP contribution in [-0.4, -0.2) is 10.5 Å². The number of rotatable bonds is 1. The van der Waals surface area contributed by atoms with Gasteiger partial charge >= 0.3 is 0 Å². The van der Waals surface area contributed by atoms with Gasteiger partial charge in [-0.2, -0.15) is 0 Å². The van der Waals surface area contributed by atoms with Crippen LogP contribution in [0.5, 0.6) is 0 Å². The van der Waals surface area contributed by atoms with Gasteiger partial charge in [0, 0.05) is 5.56 Å². The predicted octanol–water partition coefficient (Wildman–Crippen LogP) is 5.40. The third kappa shape index (κ3) is 2.42. The highest BCUT2D eigenvalue weighted by Crippen LogP contribution is 2.49. The fourth-order valence-corrected chi connectivity index (χ4v) is 3.25. The van der Waals surface area contributed by atoms with E-state index in [-0.39, 0.29) is 5.82 Å². The molecule has 0 radical (unpaired) electrons. The first-order chi connectivity index (χ1) is 10.3. The zero-order valence-electron chi connectivity index (χ0n) is 12.9. The van der Waals surface area contributed by atoms with Crippen molar-refractivity contribution in [2.75, 3.05) is 0 Å². The van der Waals surface area contributed by atoms with Crippen molar-refractivity contribution in [3.8, 4) is 0 Å². The van der Waals surface area contributed by atoms with Crippen molar-refractivity contribution in [2.45, 2.75) is 31.2 Å². The molecule has 1 heterocycles. The summed E-state index contributed by atoms with van der Waals surface area (Å²) in [6.07, 6.45) is 9.47. The summed E-state index contributed by atoms with van der Waals surface area (Å²) in [7, 11) is 0. The molecule has 1 unspecified atom stereocenters. The summed E-state index contributed by atoms with van der Waals surface area (Å²) in [4.78, 5) is -0.869. The highest BCUT2D eigenvalue weighted by Gasteiger charge is 2.45. The summed E-state index contributed by atoms with van der Waals surface area (Å²) < 4.78 is 20.0. The molecule has 1 aromatic rings. The molecule has 0 N–H and O–H groups in total. The van der Waals surface area contributed by atoms with E-state index in [2.05, 4.69) is 0 Å². The van der Waals surface area contributed by atoms with Crippen LogP contribution in [-0.2, 0) is 4.74 Å². The molecule has 114 valence electrons. The molecule has 3 heteroatoms. The highest BCUT2D eigenvalue weighted by atomic mass is 35.5. The molecule has 3 rings (SSSR count). The van der Waals surface area contributed by atoms with Crippen LogP contribution in [0.15, 0.2) is 65.5 Å². The van der Waals surface area contributed by atoms with Gasteiger partial charge in [0.25, 0.3) is 0 Å². The van der Waals surface area contributed by atoms with Gasteiger partial charge in [-0.15, -0.1) is 11.6 Å². The van der Waals surface area contributed by atoms with Crippen LogP contribution in [0.25, 0.3) is 6.08 Å². The Bertz CT molecular complexity index is 740. The van der Waals surface area contributed by atoms with E-state index in [9.17, 15) is 4.39 Å². The van der Waals surface area contributed by atoms with Crippen LogP contribution >= 0.6 is 11.6 Å². The van der Waals surface area contributed by atoms with Crippen LogP contribution in [0, 0.1) is 5.82 Å². The molecule has 0 bridgehead atoms. The van der Waals surface area contributed by atoms with E-state index in [1.165, 1.54) is 6.07 Å². The van der Waals surface area contributed by atoms with Crippen molar-refractivity contribution in [3.63, 3.8) is 0 Å². The monoisotopic (exact) mass is 316 g/mol. The number of benzene rings is 1. The Morgan fingerprint density at radius 2 is 1.95 bits per heavy atom.